The van der Waals surface area contributed by atoms with Crippen LogP contribution in [0.25, 0.3) is 0 Å². The molecule has 5 nitrogen and oxygen atoms in total. The van der Waals surface area contributed by atoms with Crippen molar-refractivity contribution in [2.24, 2.45) is 0 Å². The van der Waals surface area contributed by atoms with E-state index in [9.17, 15) is 9.59 Å². The monoisotopic (exact) mass is 586 g/mol. The van der Waals surface area contributed by atoms with Crippen molar-refractivity contribution in [3.05, 3.63) is 99.0 Å². The van der Waals surface area contributed by atoms with Crippen molar-refractivity contribution in [2.45, 2.75) is 63.6 Å². The quantitative estimate of drug-likeness (QED) is 0.223. The van der Waals surface area contributed by atoms with Crippen LogP contribution in [0.4, 0.5) is 0 Å². The molecule has 0 bridgehead atoms. The standard InChI is InChI=1S/C31H33Cl3N2O3/c32-24-14-16-27(17-15-24)39-18-6-11-30(37)36(21-23-12-13-25(33)20-28(23)34)29(19-22-7-2-1-3-8-22)31(38)35-26-9-4-5-10-26/h1-3,7-8,12-17,20,26,29H,4-6,9-11,18-19,21H2,(H,35,38)/t29-/m1/s1. The summed E-state index contributed by atoms with van der Waals surface area (Å²) in [7, 11) is 0. The number of hydrogen-bond acceptors (Lipinski definition) is 3. The Kier molecular flexibility index (Phi) is 11.0. The molecule has 1 aliphatic carbocycles. The van der Waals surface area contributed by atoms with Gasteiger partial charge in [-0.15, -0.1) is 0 Å². The first kappa shape index (κ1) is 29.3. The van der Waals surface area contributed by atoms with Crippen LogP contribution in [0.3, 0.4) is 0 Å². The number of nitrogens with zero attached hydrogens (tertiary/aromatic N) is 1. The fourth-order valence-electron chi connectivity index (χ4n) is 4.84. The van der Waals surface area contributed by atoms with Crippen LogP contribution in [-0.2, 0) is 22.6 Å². The van der Waals surface area contributed by atoms with Crippen molar-refractivity contribution in [3.63, 3.8) is 0 Å². The van der Waals surface area contributed by atoms with Crippen molar-refractivity contribution in [1.29, 1.82) is 0 Å². The summed E-state index contributed by atoms with van der Waals surface area (Å²) in [6.45, 7) is 0.559. The van der Waals surface area contributed by atoms with Crippen molar-refractivity contribution in [1.82, 2.24) is 10.2 Å². The number of hydrogen-bond donors (Lipinski definition) is 1. The van der Waals surface area contributed by atoms with Gasteiger partial charge in [-0.1, -0.05) is 84.0 Å². The number of nitrogens with one attached hydrogen (secondary N) is 1. The molecule has 1 N–H and O–H groups in total. The zero-order valence-corrected chi connectivity index (χ0v) is 24.0. The molecule has 8 heteroatoms. The third-order valence-electron chi connectivity index (χ3n) is 6.95. The average Bonchev–Trinajstić information content (AvgIpc) is 3.44. The molecule has 39 heavy (non-hydrogen) atoms. The van der Waals surface area contributed by atoms with E-state index in [2.05, 4.69) is 5.32 Å². The molecule has 1 fully saturated rings. The lowest BCUT2D eigenvalue weighted by Gasteiger charge is -2.32. The Labute approximate surface area is 245 Å². The lowest BCUT2D eigenvalue weighted by molar-refractivity contribution is -0.141. The second-order valence-electron chi connectivity index (χ2n) is 9.86. The summed E-state index contributed by atoms with van der Waals surface area (Å²) in [6, 6.07) is 21.6. The Morgan fingerprint density at radius 2 is 1.62 bits per heavy atom. The van der Waals surface area contributed by atoms with Crippen LogP contribution in [0.2, 0.25) is 15.1 Å². The summed E-state index contributed by atoms with van der Waals surface area (Å²) in [5, 5.41) is 4.82. The molecule has 3 aromatic rings. The predicted octanol–water partition coefficient (Wildman–Crippen LogP) is 7.50. The summed E-state index contributed by atoms with van der Waals surface area (Å²) < 4.78 is 5.79. The molecule has 1 aliphatic rings. The zero-order valence-electron chi connectivity index (χ0n) is 21.8. The van der Waals surface area contributed by atoms with Crippen molar-refractivity contribution in [3.8, 4) is 5.75 Å². The molecule has 3 aromatic carbocycles. The molecule has 1 atom stereocenters. The SMILES string of the molecule is O=C(NC1CCCC1)[C@@H](Cc1ccccc1)N(Cc1ccc(Cl)cc1Cl)C(=O)CCCOc1ccc(Cl)cc1. The minimum Gasteiger partial charge on any atom is -0.494 e. The highest BCUT2D eigenvalue weighted by Gasteiger charge is 2.32. The maximum absolute atomic E-state index is 13.8. The van der Waals surface area contributed by atoms with Gasteiger partial charge in [-0.2, -0.15) is 0 Å². The summed E-state index contributed by atoms with van der Waals surface area (Å²) in [4.78, 5) is 29.1. The van der Waals surface area contributed by atoms with Gasteiger partial charge in [0.15, 0.2) is 0 Å². The molecule has 0 unspecified atom stereocenters. The van der Waals surface area contributed by atoms with Gasteiger partial charge in [-0.3, -0.25) is 9.59 Å². The average molecular weight is 588 g/mol. The predicted molar refractivity (Wildman–Crippen MR) is 158 cm³/mol. The third-order valence-corrected chi connectivity index (χ3v) is 7.78. The van der Waals surface area contributed by atoms with Crippen LogP contribution in [-0.4, -0.2) is 35.4 Å². The first-order valence-electron chi connectivity index (χ1n) is 13.3. The molecular weight excluding hydrogens is 555 g/mol. The smallest absolute Gasteiger partial charge is 0.243 e. The Balaban J connectivity index is 1.54. The van der Waals surface area contributed by atoms with Gasteiger partial charge >= 0.3 is 0 Å². The normalized spacial score (nSPS) is 14.1. The summed E-state index contributed by atoms with van der Waals surface area (Å²) in [5.41, 5.74) is 1.72. The fraction of sp³-hybridized carbons (Fsp3) is 0.355. The van der Waals surface area contributed by atoms with Crippen molar-refractivity contribution in [2.75, 3.05) is 6.61 Å². The third kappa shape index (κ3) is 8.89. The number of carbonyl (C=O) groups is 2. The van der Waals surface area contributed by atoms with Gasteiger partial charge in [0.2, 0.25) is 11.8 Å². The summed E-state index contributed by atoms with van der Waals surface area (Å²) in [5.74, 6) is 0.416. The number of ether oxygens (including phenoxy) is 1. The first-order chi connectivity index (χ1) is 18.9. The highest BCUT2D eigenvalue weighted by Crippen LogP contribution is 2.25. The van der Waals surface area contributed by atoms with Crippen molar-refractivity contribution >= 4 is 46.6 Å². The van der Waals surface area contributed by atoms with Crippen LogP contribution in [0.1, 0.15) is 49.7 Å². The van der Waals surface area contributed by atoms with Crippen LogP contribution >= 0.6 is 34.8 Å². The molecule has 206 valence electrons. The Morgan fingerprint density at radius 1 is 0.923 bits per heavy atom. The summed E-state index contributed by atoms with van der Waals surface area (Å²) in [6.07, 6.45) is 5.24. The van der Waals surface area contributed by atoms with Crippen LogP contribution in [0, 0.1) is 0 Å². The topological polar surface area (TPSA) is 58.6 Å². The number of carbonyl (C=O) groups excluding carboxylic acids is 2. The van der Waals surface area contributed by atoms with E-state index in [1.807, 2.05) is 36.4 Å². The Morgan fingerprint density at radius 3 is 2.31 bits per heavy atom. The number of rotatable bonds is 12. The molecule has 0 aromatic heterocycles. The molecule has 0 radical (unpaired) electrons. The number of halogens is 3. The lowest BCUT2D eigenvalue weighted by Crippen LogP contribution is -2.52. The largest absolute Gasteiger partial charge is 0.494 e. The van der Waals surface area contributed by atoms with Gasteiger partial charge in [0.1, 0.15) is 11.8 Å². The first-order valence-corrected chi connectivity index (χ1v) is 14.5. The highest BCUT2D eigenvalue weighted by molar-refractivity contribution is 6.35. The lowest BCUT2D eigenvalue weighted by atomic mass is 10.0. The van der Waals surface area contributed by atoms with E-state index >= 15 is 0 Å². The minimum atomic E-state index is -0.690. The van der Waals surface area contributed by atoms with E-state index in [0.29, 0.717) is 40.3 Å². The second-order valence-corrected chi connectivity index (χ2v) is 11.1. The maximum Gasteiger partial charge on any atom is 0.243 e. The van der Waals surface area contributed by atoms with E-state index in [4.69, 9.17) is 39.5 Å². The Hall–Kier alpha value is -2.73. The van der Waals surface area contributed by atoms with Crippen LogP contribution in [0.5, 0.6) is 5.75 Å². The molecular formula is C31H33Cl3N2O3. The molecule has 0 spiro atoms. The van der Waals surface area contributed by atoms with E-state index < -0.39 is 6.04 Å². The molecule has 0 heterocycles. The van der Waals surface area contributed by atoms with Gasteiger partial charge in [0, 0.05) is 40.5 Å². The van der Waals surface area contributed by atoms with E-state index in [1.54, 1.807) is 41.3 Å². The summed E-state index contributed by atoms with van der Waals surface area (Å²) >= 11 is 18.6. The van der Waals surface area contributed by atoms with E-state index in [1.165, 1.54) is 0 Å². The van der Waals surface area contributed by atoms with Gasteiger partial charge in [-0.25, -0.2) is 0 Å². The van der Waals surface area contributed by atoms with E-state index in [-0.39, 0.29) is 30.8 Å². The van der Waals surface area contributed by atoms with Gasteiger partial charge < -0.3 is 15.0 Å². The van der Waals surface area contributed by atoms with Gasteiger partial charge in [0.05, 0.1) is 6.61 Å². The van der Waals surface area contributed by atoms with Gasteiger partial charge in [0.25, 0.3) is 0 Å². The maximum atomic E-state index is 13.8. The Bertz CT molecular complexity index is 1230. The van der Waals surface area contributed by atoms with Crippen LogP contribution < -0.4 is 10.1 Å². The molecule has 1 saturated carbocycles. The zero-order chi connectivity index (χ0) is 27.6. The molecule has 4 rings (SSSR count). The molecule has 0 saturated heterocycles. The fourth-order valence-corrected chi connectivity index (χ4v) is 5.44. The van der Waals surface area contributed by atoms with E-state index in [0.717, 1.165) is 36.8 Å². The minimum absolute atomic E-state index is 0.136. The molecule has 2 amide bonds. The number of amides is 2. The highest BCUT2D eigenvalue weighted by atomic mass is 35.5. The molecule has 0 aliphatic heterocycles. The van der Waals surface area contributed by atoms with Crippen molar-refractivity contribution < 1.29 is 14.3 Å². The van der Waals surface area contributed by atoms with Gasteiger partial charge in [-0.05, 0) is 66.8 Å². The number of benzene rings is 3. The van der Waals surface area contributed by atoms with Crippen LogP contribution in [0.15, 0.2) is 72.8 Å². The second kappa shape index (κ2) is 14.6.